The molecule has 2 unspecified atom stereocenters. The minimum atomic E-state index is 0.261. The number of ether oxygens (including phenoxy) is 1. The van der Waals surface area contributed by atoms with Crippen LogP contribution in [-0.4, -0.2) is 11.5 Å². The van der Waals surface area contributed by atoms with Crippen molar-refractivity contribution < 1.29 is 4.74 Å². The Morgan fingerprint density at radius 3 is 2.26 bits per heavy atom. The van der Waals surface area contributed by atoms with Crippen molar-refractivity contribution in [2.24, 2.45) is 5.41 Å². The van der Waals surface area contributed by atoms with Gasteiger partial charge in [0.15, 0.2) is 0 Å². The molecule has 0 saturated heterocycles. The fourth-order valence-electron chi connectivity index (χ4n) is 3.87. The zero-order valence-electron chi connectivity index (χ0n) is 11.9. The average Bonchev–Trinajstić information content (AvgIpc) is 2.38. The summed E-state index contributed by atoms with van der Waals surface area (Å²) in [5.74, 6) is 1.02. The molecule has 2 heteroatoms. The minimum Gasteiger partial charge on any atom is -0.490 e. The Morgan fingerprint density at radius 1 is 1.05 bits per heavy atom. The van der Waals surface area contributed by atoms with E-state index in [0.717, 1.165) is 12.2 Å². The first-order valence-electron chi connectivity index (χ1n) is 7.49. The highest BCUT2D eigenvalue weighted by Crippen LogP contribution is 2.55. The molecule has 0 bridgehead atoms. The normalized spacial score (nSPS) is 29.0. The van der Waals surface area contributed by atoms with Crippen molar-refractivity contribution in [1.29, 1.82) is 0 Å². The molecule has 0 amide bonds. The third-order valence-corrected chi connectivity index (χ3v) is 5.56. The lowest BCUT2D eigenvalue weighted by atomic mass is 9.58. The molecule has 104 valence electrons. The van der Waals surface area contributed by atoms with Gasteiger partial charge in [-0.3, -0.25) is 0 Å². The monoisotopic (exact) mass is 278 g/mol. The second-order valence-corrected chi connectivity index (χ2v) is 6.95. The molecular weight excluding hydrogens is 256 g/mol. The van der Waals surface area contributed by atoms with Gasteiger partial charge in [0, 0.05) is 17.2 Å². The summed E-state index contributed by atoms with van der Waals surface area (Å²) in [6.07, 6.45) is 7.83. The zero-order valence-corrected chi connectivity index (χ0v) is 12.7. The third-order valence-electron chi connectivity index (χ3n) is 4.94. The highest BCUT2D eigenvalue weighted by Gasteiger charge is 2.55. The summed E-state index contributed by atoms with van der Waals surface area (Å²) in [6.45, 7) is 4.25. The average molecular weight is 279 g/mol. The lowest BCUT2D eigenvalue weighted by Crippen LogP contribution is -2.58. The van der Waals surface area contributed by atoms with E-state index in [1.807, 2.05) is 0 Å². The van der Waals surface area contributed by atoms with Gasteiger partial charge in [-0.15, -0.1) is 11.6 Å². The molecule has 1 aromatic rings. The molecule has 1 nitrogen and oxygen atoms in total. The van der Waals surface area contributed by atoms with E-state index in [-0.39, 0.29) is 5.41 Å². The van der Waals surface area contributed by atoms with Crippen LogP contribution in [0.4, 0.5) is 0 Å². The van der Waals surface area contributed by atoms with Crippen LogP contribution < -0.4 is 4.74 Å². The Hall–Kier alpha value is -0.690. The standard InChI is InChI=1S/C17H23ClO/c1-12-8-13(2)10-14(9-12)19-16-11-15(18)17(16)6-4-3-5-7-17/h8-10,15-16H,3-7,11H2,1-2H3. The van der Waals surface area contributed by atoms with Crippen LogP contribution in [0.3, 0.4) is 0 Å². The SMILES string of the molecule is Cc1cc(C)cc(OC2CC(Cl)C23CCCCC3)c1. The van der Waals surface area contributed by atoms with Gasteiger partial charge in [-0.1, -0.05) is 25.3 Å². The number of benzene rings is 1. The maximum atomic E-state index is 6.53. The van der Waals surface area contributed by atoms with Gasteiger partial charge in [0.1, 0.15) is 11.9 Å². The number of alkyl halides is 1. The number of halogens is 1. The fourth-order valence-corrected chi connectivity index (χ4v) is 4.40. The Kier molecular flexibility index (Phi) is 3.51. The van der Waals surface area contributed by atoms with Crippen molar-refractivity contribution in [3.05, 3.63) is 29.3 Å². The van der Waals surface area contributed by atoms with Gasteiger partial charge in [0.25, 0.3) is 0 Å². The van der Waals surface area contributed by atoms with Crippen molar-refractivity contribution in [2.75, 3.05) is 0 Å². The summed E-state index contributed by atoms with van der Waals surface area (Å²) in [6, 6.07) is 6.48. The quantitative estimate of drug-likeness (QED) is 0.691. The Bertz CT molecular complexity index is 442. The summed E-state index contributed by atoms with van der Waals surface area (Å²) in [7, 11) is 0. The van der Waals surface area contributed by atoms with Crippen molar-refractivity contribution in [3.8, 4) is 5.75 Å². The molecule has 1 aromatic carbocycles. The molecule has 2 aliphatic rings. The number of rotatable bonds is 2. The van der Waals surface area contributed by atoms with E-state index in [9.17, 15) is 0 Å². The molecule has 0 radical (unpaired) electrons. The van der Waals surface area contributed by atoms with Gasteiger partial charge in [-0.2, -0.15) is 0 Å². The van der Waals surface area contributed by atoms with E-state index in [0.29, 0.717) is 11.5 Å². The van der Waals surface area contributed by atoms with Crippen molar-refractivity contribution in [3.63, 3.8) is 0 Å². The maximum absolute atomic E-state index is 6.53. The molecule has 0 N–H and O–H groups in total. The zero-order chi connectivity index (χ0) is 13.5. The van der Waals surface area contributed by atoms with Crippen molar-refractivity contribution >= 4 is 11.6 Å². The van der Waals surface area contributed by atoms with E-state index < -0.39 is 0 Å². The molecular formula is C17H23ClO. The van der Waals surface area contributed by atoms with Gasteiger partial charge >= 0.3 is 0 Å². The van der Waals surface area contributed by atoms with E-state index in [4.69, 9.17) is 16.3 Å². The van der Waals surface area contributed by atoms with Crippen LogP contribution in [0.5, 0.6) is 5.75 Å². The molecule has 2 aliphatic carbocycles. The smallest absolute Gasteiger partial charge is 0.120 e. The highest BCUT2D eigenvalue weighted by molar-refractivity contribution is 6.21. The van der Waals surface area contributed by atoms with Crippen molar-refractivity contribution in [1.82, 2.24) is 0 Å². The lowest BCUT2D eigenvalue weighted by Gasteiger charge is -2.55. The van der Waals surface area contributed by atoms with Crippen LogP contribution in [0.1, 0.15) is 49.7 Å². The molecule has 0 aromatic heterocycles. The second-order valence-electron chi connectivity index (χ2n) is 6.43. The van der Waals surface area contributed by atoms with E-state index in [1.165, 1.54) is 43.2 Å². The molecule has 2 fully saturated rings. The molecule has 3 rings (SSSR count). The summed E-state index contributed by atoms with van der Waals surface area (Å²) >= 11 is 6.53. The van der Waals surface area contributed by atoms with Gasteiger partial charge < -0.3 is 4.74 Å². The fraction of sp³-hybridized carbons (Fsp3) is 0.647. The molecule has 19 heavy (non-hydrogen) atoms. The summed E-state index contributed by atoms with van der Waals surface area (Å²) < 4.78 is 6.29. The Balaban J connectivity index is 1.76. The second kappa shape index (κ2) is 5.01. The van der Waals surface area contributed by atoms with Gasteiger partial charge in [0.2, 0.25) is 0 Å². The Labute approximate surface area is 121 Å². The van der Waals surface area contributed by atoms with Crippen molar-refractivity contribution in [2.45, 2.75) is 63.9 Å². The predicted octanol–water partition coefficient (Wildman–Crippen LogP) is 5.01. The highest BCUT2D eigenvalue weighted by atomic mass is 35.5. The molecule has 2 saturated carbocycles. The number of hydrogen-bond acceptors (Lipinski definition) is 1. The summed E-state index contributed by atoms with van der Waals surface area (Å²) in [4.78, 5) is 0. The molecule has 0 aliphatic heterocycles. The predicted molar refractivity (Wildman–Crippen MR) is 80.1 cm³/mol. The van der Waals surface area contributed by atoms with E-state index in [2.05, 4.69) is 32.0 Å². The van der Waals surface area contributed by atoms with Crippen LogP contribution in [0.2, 0.25) is 0 Å². The summed E-state index contributed by atoms with van der Waals surface area (Å²) in [5, 5.41) is 0.323. The van der Waals surface area contributed by atoms with Gasteiger partial charge in [-0.05, 0) is 49.9 Å². The summed E-state index contributed by atoms with van der Waals surface area (Å²) in [5.41, 5.74) is 2.81. The molecule has 2 atom stereocenters. The van der Waals surface area contributed by atoms with Crippen LogP contribution in [-0.2, 0) is 0 Å². The first-order valence-corrected chi connectivity index (χ1v) is 7.93. The molecule has 0 heterocycles. The van der Waals surface area contributed by atoms with Crippen LogP contribution >= 0.6 is 11.6 Å². The van der Waals surface area contributed by atoms with Crippen LogP contribution in [0.15, 0.2) is 18.2 Å². The van der Waals surface area contributed by atoms with E-state index >= 15 is 0 Å². The van der Waals surface area contributed by atoms with Gasteiger partial charge in [-0.25, -0.2) is 0 Å². The van der Waals surface area contributed by atoms with Crippen LogP contribution in [0.25, 0.3) is 0 Å². The number of aryl methyl sites for hydroxylation is 2. The first kappa shape index (κ1) is 13.3. The van der Waals surface area contributed by atoms with Crippen LogP contribution in [0, 0.1) is 19.3 Å². The first-order chi connectivity index (χ1) is 9.10. The lowest BCUT2D eigenvalue weighted by molar-refractivity contribution is -0.0650. The Morgan fingerprint density at radius 2 is 1.68 bits per heavy atom. The van der Waals surface area contributed by atoms with Gasteiger partial charge in [0.05, 0.1) is 0 Å². The maximum Gasteiger partial charge on any atom is 0.120 e. The third kappa shape index (κ3) is 2.38. The van der Waals surface area contributed by atoms with E-state index in [1.54, 1.807) is 0 Å². The number of hydrogen-bond donors (Lipinski definition) is 0. The minimum absolute atomic E-state index is 0.261. The largest absolute Gasteiger partial charge is 0.490 e. The molecule has 1 spiro atoms. The topological polar surface area (TPSA) is 9.23 Å².